The fraction of sp³-hybridized carbons (Fsp3) is 0. The van der Waals surface area contributed by atoms with Crippen molar-refractivity contribution in [2.75, 3.05) is 0 Å². The molecule has 0 radical (unpaired) electrons. The van der Waals surface area contributed by atoms with Crippen LogP contribution in [0.25, 0.3) is 10.8 Å². The summed E-state index contributed by atoms with van der Waals surface area (Å²) in [6, 6.07) is 3.66. The summed E-state index contributed by atoms with van der Waals surface area (Å²) in [5, 5.41) is 8.81. The second kappa shape index (κ2) is 3.71. The normalized spacial score (nSPS) is 10.6. The van der Waals surface area contributed by atoms with Crippen molar-refractivity contribution >= 4 is 32.7 Å². The maximum absolute atomic E-state index is 13.4. The highest BCUT2D eigenvalue weighted by atomic mass is 79.9. The third-order valence-corrected chi connectivity index (χ3v) is 2.80. The number of benzene rings is 1. The van der Waals surface area contributed by atoms with Crippen LogP contribution in [0.3, 0.4) is 0 Å². The Kier molecular flexibility index (Phi) is 2.51. The highest BCUT2D eigenvalue weighted by Crippen LogP contribution is 2.23. The van der Waals surface area contributed by atoms with Crippen LogP contribution in [-0.4, -0.2) is 16.1 Å². The molecule has 0 aliphatic carbocycles. The molecule has 0 bridgehead atoms. The Morgan fingerprint density at radius 2 is 2.12 bits per heavy atom. The SMILES string of the molecule is O=C(O)c1cc2c(F)ccc(Br)c2c(=O)[nH]1. The Bertz CT molecular complexity index is 650. The lowest BCUT2D eigenvalue weighted by atomic mass is 10.1. The summed E-state index contributed by atoms with van der Waals surface area (Å²) >= 11 is 3.11. The number of pyridine rings is 1. The number of nitrogens with one attached hydrogen (secondary N) is 1. The Balaban J connectivity index is 2.98. The summed E-state index contributed by atoms with van der Waals surface area (Å²) in [6.07, 6.45) is 0. The predicted molar refractivity (Wildman–Crippen MR) is 59.2 cm³/mol. The van der Waals surface area contributed by atoms with Crippen LogP contribution in [0.5, 0.6) is 0 Å². The van der Waals surface area contributed by atoms with Crippen LogP contribution in [0.2, 0.25) is 0 Å². The molecule has 2 N–H and O–H groups in total. The van der Waals surface area contributed by atoms with Gasteiger partial charge in [-0.05, 0) is 34.1 Å². The summed E-state index contributed by atoms with van der Waals surface area (Å²) in [5.41, 5.74) is -0.976. The number of carboxylic acid groups (broad SMARTS) is 1. The maximum atomic E-state index is 13.4. The Morgan fingerprint density at radius 3 is 2.75 bits per heavy atom. The molecular formula is C10H5BrFNO3. The number of H-pyrrole nitrogens is 1. The number of aromatic amines is 1. The van der Waals surface area contributed by atoms with E-state index in [-0.39, 0.29) is 16.5 Å². The van der Waals surface area contributed by atoms with E-state index in [0.717, 1.165) is 12.1 Å². The van der Waals surface area contributed by atoms with E-state index in [9.17, 15) is 14.0 Å². The summed E-state index contributed by atoms with van der Waals surface area (Å²) in [7, 11) is 0. The first-order chi connectivity index (χ1) is 7.50. The van der Waals surface area contributed by atoms with E-state index in [1.807, 2.05) is 0 Å². The molecule has 2 rings (SSSR count). The molecule has 0 aliphatic heterocycles. The zero-order valence-corrected chi connectivity index (χ0v) is 9.34. The molecule has 1 aromatic heterocycles. The highest BCUT2D eigenvalue weighted by Gasteiger charge is 2.12. The second-order valence-electron chi connectivity index (χ2n) is 3.14. The van der Waals surface area contributed by atoms with Gasteiger partial charge >= 0.3 is 5.97 Å². The number of carbonyl (C=O) groups is 1. The lowest BCUT2D eigenvalue weighted by Crippen LogP contribution is -2.13. The number of halogens is 2. The molecule has 82 valence electrons. The summed E-state index contributed by atoms with van der Waals surface area (Å²) in [6.45, 7) is 0. The molecule has 4 nitrogen and oxygen atoms in total. The highest BCUT2D eigenvalue weighted by molar-refractivity contribution is 9.10. The van der Waals surface area contributed by atoms with Crippen molar-refractivity contribution in [1.82, 2.24) is 4.98 Å². The van der Waals surface area contributed by atoms with Gasteiger partial charge < -0.3 is 10.1 Å². The number of fused-ring (bicyclic) bond motifs is 1. The fourth-order valence-electron chi connectivity index (χ4n) is 1.42. The molecule has 0 spiro atoms. The van der Waals surface area contributed by atoms with Crippen molar-refractivity contribution < 1.29 is 14.3 Å². The third-order valence-electron chi connectivity index (χ3n) is 2.14. The van der Waals surface area contributed by atoms with Crippen molar-refractivity contribution in [1.29, 1.82) is 0 Å². The van der Waals surface area contributed by atoms with Crippen molar-refractivity contribution in [3.05, 3.63) is 44.5 Å². The van der Waals surface area contributed by atoms with E-state index < -0.39 is 17.3 Å². The van der Waals surface area contributed by atoms with Crippen LogP contribution < -0.4 is 5.56 Å². The Labute approximate surface area is 96.8 Å². The van der Waals surface area contributed by atoms with E-state index >= 15 is 0 Å². The van der Waals surface area contributed by atoms with E-state index in [1.54, 1.807) is 0 Å². The van der Waals surface area contributed by atoms with Crippen molar-refractivity contribution in [2.24, 2.45) is 0 Å². The van der Waals surface area contributed by atoms with Gasteiger partial charge in [-0.3, -0.25) is 4.79 Å². The number of hydrogen-bond donors (Lipinski definition) is 2. The van der Waals surface area contributed by atoms with Crippen LogP contribution >= 0.6 is 15.9 Å². The molecule has 0 amide bonds. The largest absolute Gasteiger partial charge is 0.477 e. The molecule has 0 saturated heterocycles. The molecule has 0 unspecified atom stereocenters. The van der Waals surface area contributed by atoms with Gasteiger partial charge in [-0.1, -0.05) is 0 Å². The first kappa shape index (κ1) is 10.8. The Hall–Kier alpha value is -1.69. The monoisotopic (exact) mass is 285 g/mol. The molecule has 0 aliphatic rings. The number of hydrogen-bond acceptors (Lipinski definition) is 2. The second-order valence-corrected chi connectivity index (χ2v) is 3.99. The van der Waals surface area contributed by atoms with Gasteiger partial charge in [-0.2, -0.15) is 0 Å². The minimum Gasteiger partial charge on any atom is -0.477 e. The van der Waals surface area contributed by atoms with E-state index in [1.165, 1.54) is 6.07 Å². The third kappa shape index (κ3) is 1.61. The minimum absolute atomic E-state index is 0.0180. The van der Waals surface area contributed by atoms with E-state index in [4.69, 9.17) is 5.11 Å². The lowest BCUT2D eigenvalue weighted by Gasteiger charge is -2.02. The van der Waals surface area contributed by atoms with Crippen molar-refractivity contribution in [2.45, 2.75) is 0 Å². The quantitative estimate of drug-likeness (QED) is 0.843. The summed E-state index contributed by atoms with van der Waals surface area (Å²) < 4.78 is 13.8. The van der Waals surface area contributed by atoms with Crippen LogP contribution in [0, 0.1) is 5.82 Å². The van der Waals surface area contributed by atoms with Gasteiger partial charge in [0.1, 0.15) is 11.5 Å². The lowest BCUT2D eigenvalue weighted by molar-refractivity contribution is 0.0690. The number of rotatable bonds is 1. The van der Waals surface area contributed by atoms with Crippen LogP contribution in [0.1, 0.15) is 10.5 Å². The van der Waals surface area contributed by atoms with Crippen molar-refractivity contribution in [3.8, 4) is 0 Å². The van der Waals surface area contributed by atoms with Gasteiger partial charge in [0.05, 0.1) is 5.39 Å². The smallest absolute Gasteiger partial charge is 0.352 e. The number of aromatic nitrogens is 1. The standard InChI is InChI=1S/C10H5BrFNO3/c11-5-1-2-6(12)4-3-7(10(15)16)13-9(14)8(4)5/h1-3H,(H,13,14)(H,15,16). The maximum Gasteiger partial charge on any atom is 0.352 e. The van der Waals surface area contributed by atoms with Gasteiger partial charge in [0.25, 0.3) is 5.56 Å². The average molecular weight is 286 g/mol. The Morgan fingerprint density at radius 1 is 1.44 bits per heavy atom. The molecule has 0 atom stereocenters. The van der Waals surface area contributed by atoms with Gasteiger partial charge in [0.2, 0.25) is 0 Å². The van der Waals surface area contributed by atoms with Crippen molar-refractivity contribution in [3.63, 3.8) is 0 Å². The zero-order chi connectivity index (χ0) is 11.9. The van der Waals surface area contributed by atoms with E-state index in [0.29, 0.717) is 4.47 Å². The van der Waals surface area contributed by atoms with Gasteiger partial charge in [-0.25, -0.2) is 9.18 Å². The fourth-order valence-corrected chi connectivity index (χ4v) is 1.95. The number of carboxylic acids is 1. The molecular weight excluding hydrogens is 281 g/mol. The van der Waals surface area contributed by atoms with Gasteiger partial charge in [0.15, 0.2) is 0 Å². The zero-order valence-electron chi connectivity index (χ0n) is 7.75. The molecule has 1 aromatic carbocycles. The van der Waals surface area contributed by atoms with Crippen LogP contribution in [0.15, 0.2) is 27.5 Å². The molecule has 0 saturated carbocycles. The van der Waals surface area contributed by atoms with Crippen LogP contribution in [0.4, 0.5) is 4.39 Å². The average Bonchev–Trinajstić information content (AvgIpc) is 2.22. The predicted octanol–water partition coefficient (Wildman–Crippen LogP) is 2.13. The molecule has 1 heterocycles. The topological polar surface area (TPSA) is 70.2 Å². The molecule has 16 heavy (non-hydrogen) atoms. The van der Waals surface area contributed by atoms with Gasteiger partial charge in [-0.15, -0.1) is 0 Å². The minimum atomic E-state index is -1.31. The molecule has 2 aromatic rings. The summed E-state index contributed by atoms with van der Waals surface area (Å²) in [5.74, 6) is -1.94. The summed E-state index contributed by atoms with van der Waals surface area (Å²) in [4.78, 5) is 24.4. The first-order valence-corrected chi connectivity index (χ1v) is 5.04. The molecule has 6 heteroatoms. The number of aromatic carboxylic acids is 1. The molecule has 0 fully saturated rings. The van der Waals surface area contributed by atoms with Crippen LogP contribution in [-0.2, 0) is 0 Å². The first-order valence-electron chi connectivity index (χ1n) is 4.25. The van der Waals surface area contributed by atoms with E-state index in [2.05, 4.69) is 20.9 Å². The van der Waals surface area contributed by atoms with Gasteiger partial charge in [0, 0.05) is 9.86 Å².